The molecule has 0 aromatic carbocycles. The van der Waals surface area contributed by atoms with Crippen molar-refractivity contribution in [3.05, 3.63) is 0 Å². The normalized spacial score (nSPS) is 12.4. The molecule has 1 atom stereocenters. The summed E-state index contributed by atoms with van der Waals surface area (Å²) in [5.74, 6) is -0.124. The fourth-order valence-electron chi connectivity index (χ4n) is 2.05. The minimum Gasteiger partial charge on any atom is -0.379 e. The second-order valence-corrected chi connectivity index (χ2v) is 6.10. The van der Waals surface area contributed by atoms with Crippen molar-refractivity contribution >= 4 is 11.7 Å². The number of carbonyl (C=O) groups is 2. The van der Waals surface area contributed by atoms with Gasteiger partial charge in [-0.2, -0.15) is 0 Å². The van der Waals surface area contributed by atoms with Crippen molar-refractivity contribution in [2.45, 2.75) is 46.6 Å². The van der Waals surface area contributed by atoms with Gasteiger partial charge >= 0.3 is 0 Å². The molecule has 0 aliphatic heterocycles. The van der Waals surface area contributed by atoms with Gasteiger partial charge in [0.15, 0.2) is 5.78 Å². The van der Waals surface area contributed by atoms with Crippen LogP contribution < -0.4 is 5.32 Å². The zero-order valence-electron chi connectivity index (χ0n) is 16.2. The molecule has 148 valence electrons. The highest BCUT2D eigenvalue weighted by Gasteiger charge is 2.20. The highest BCUT2D eigenvalue weighted by Crippen LogP contribution is 2.03. The zero-order chi connectivity index (χ0) is 18.9. The Labute approximate surface area is 151 Å². The summed E-state index contributed by atoms with van der Waals surface area (Å²) in [7, 11) is 0. The Morgan fingerprint density at radius 3 is 1.64 bits per heavy atom. The van der Waals surface area contributed by atoms with Gasteiger partial charge in [0.05, 0.1) is 52.3 Å². The van der Waals surface area contributed by atoms with Crippen molar-refractivity contribution in [3.8, 4) is 0 Å². The molecule has 0 aliphatic carbocycles. The van der Waals surface area contributed by atoms with Gasteiger partial charge in [-0.1, -0.05) is 20.8 Å². The van der Waals surface area contributed by atoms with Crippen LogP contribution in [0.4, 0.5) is 0 Å². The van der Waals surface area contributed by atoms with Gasteiger partial charge in [0.2, 0.25) is 5.91 Å². The molecule has 0 unspecified atom stereocenters. The van der Waals surface area contributed by atoms with Crippen molar-refractivity contribution in [2.75, 3.05) is 52.9 Å². The van der Waals surface area contributed by atoms with Gasteiger partial charge in [0, 0.05) is 13.0 Å². The number of Topliss-reactive ketones (excluding diaryl/α,β-unsaturated/α-hetero) is 1. The zero-order valence-corrected chi connectivity index (χ0v) is 16.2. The predicted molar refractivity (Wildman–Crippen MR) is 95.6 cm³/mol. The van der Waals surface area contributed by atoms with Crippen LogP contribution in [0.2, 0.25) is 0 Å². The summed E-state index contributed by atoms with van der Waals surface area (Å²) in [6.45, 7) is 11.5. The first-order valence-corrected chi connectivity index (χ1v) is 9.09. The lowest BCUT2D eigenvalue weighted by Crippen LogP contribution is -2.43. The maximum atomic E-state index is 11.8. The predicted octanol–water partition coefficient (Wildman–Crippen LogP) is 1.58. The van der Waals surface area contributed by atoms with Gasteiger partial charge in [0.1, 0.15) is 0 Å². The molecule has 0 saturated carbocycles. The molecule has 0 aromatic rings. The van der Waals surface area contributed by atoms with Crippen LogP contribution in [0.25, 0.3) is 0 Å². The Bertz CT molecular complexity index is 348. The molecule has 7 nitrogen and oxygen atoms in total. The van der Waals surface area contributed by atoms with E-state index in [1.54, 1.807) is 0 Å². The van der Waals surface area contributed by atoms with Crippen molar-refractivity contribution in [1.82, 2.24) is 5.32 Å². The van der Waals surface area contributed by atoms with E-state index in [0.717, 1.165) is 13.0 Å². The second-order valence-electron chi connectivity index (χ2n) is 6.10. The highest BCUT2D eigenvalue weighted by atomic mass is 16.6. The number of carbonyl (C=O) groups excluding carboxylic acids is 2. The van der Waals surface area contributed by atoms with Crippen molar-refractivity contribution in [1.29, 1.82) is 0 Å². The maximum Gasteiger partial charge on any atom is 0.222 e. The lowest BCUT2D eigenvalue weighted by Gasteiger charge is -2.19. The van der Waals surface area contributed by atoms with Gasteiger partial charge in [-0.25, -0.2) is 0 Å². The number of hydrogen-bond acceptors (Lipinski definition) is 6. The topological polar surface area (TPSA) is 83.1 Å². The van der Waals surface area contributed by atoms with Crippen LogP contribution in [0, 0.1) is 5.92 Å². The summed E-state index contributed by atoms with van der Waals surface area (Å²) in [5.41, 5.74) is 0. The van der Waals surface area contributed by atoms with Crippen molar-refractivity contribution in [3.63, 3.8) is 0 Å². The third-order valence-electron chi connectivity index (χ3n) is 3.36. The first-order valence-electron chi connectivity index (χ1n) is 9.09. The number of nitrogens with one attached hydrogen (secondary N) is 1. The monoisotopic (exact) mass is 361 g/mol. The lowest BCUT2D eigenvalue weighted by molar-refractivity contribution is -0.128. The van der Waals surface area contributed by atoms with E-state index >= 15 is 0 Å². The van der Waals surface area contributed by atoms with E-state index in [0.29, 0.717) is 46.2 Å². The minimum atomic E-state index is -0.428. The molecular formula is C18H35NO6. The number of amides is 1. The average Bonchev–Trinajstić information content (AvgIpc) is 2.56. The SMILES string of the molecule is CCCOCCOCCOCCOCCC(=O)N[C@H](C(C)=O)C(C)C. The molecule has 0 aliphatic rings. The Morgan fingerprint density at radius 1 is 0.800 bits per heavy atom. The molecule has 1 N–H and O–H groups in total. The lowest BCUT2D eigenvalue weighted by atomic mass is 10.0. The van der Waals surface area contributed by atoms with Gasteiger partial charge in [0.25, 0.3) is 0 Å². The molecule has 7 heteroatoms. The van der Waals surface area contributed by atoms with Crippen LogP contribution in [0.5, 0.6) is 0 Å². The van der Waals surface area contributed by atoms with Crippen LogP contribution in [0.3, 0.4) is 0 Å². The Balaban J connectivity index is 3.40. The van der Waals surface area contributed by atoms with E-state index in [2.05, 4.69) is 12.2 Å². The third-order valence-corrected chi connectivity index (χ3v) is 3.36. The fourth-order valence-corrected chi connectivity index (χ4v) is 2.05. The summed E-state index contributed by atoms with van der Waals surface area (Å²) in [6.07, 6.45) is 1.25. The van der Waals surface area contributed by atoms with Gasteiger partial charge < -0.3 is 24.3 Å². The Morgan fingerprint density at radius 2 is 1.24 bits per heavy atom. The second kappa shape index (κ2) is 16.4. The molecule has 0 rings (SSSR count). The molecule has 0 saturated heterocycles. The van der Waals surface area contributed by atoms with Crippen LogP contribution in [0.1, 0.15) is 40.5 Å². The van der Waals surface area contributed by atoms with Crippen LogP contribution in [-0.2, 0) is 28.5 Å². The molecule has 0 spiro atoms. The first-order chi connectivity index (χ1) is 12.0. The first kappa shape index (κ1) is 24.0. The molecule has 0 radical (unpaired) electrons. The van der Waals surface area contributed by atoms with E-state index in [4.69, 9.17) is 18.9 Å². The molecule has 25 heavy (non-hydrogen) atoms. The summed E-state index contributed by atoms with van der Waals surface area (Å²) < 4.78 is 21.3. The van der Waals surface area contributed by atoms with Crippen LogP contribution in [0.15, 0.2) is 0 Å². The minimum absolute atomic E-state index is 0.0307. The smallest absolute Gasteiger partial charge is 0.222 e. The van der Waals surface area contributed by atoms with Gasteiger partial charge in [-0.15, -0.1) is 0 Å². The summed E-state index contributed by atoms with van der Waals surface area (Å²) >= 11 is 0. The van der Waals surface area contributed by atoms with Gasteiger partial charge in [-0.05, 0) is 19.3 Å². The summed E-state index contributed by atoms with van der Waals surface area (Å²) in [4.78, 5) is 23.2. The average molecular weight is 361 g/mol. The Kier molecular flexibility index (Phi) is 15.8. The van der Waals surface area contributed by atoms with Crippen LogP contribution >= 0.6 is 0 Å². The molecule has 0 heterocycles. The molecule has 1 amide bonds. The summed E-state index contributed by atoms with van der Waals surface area (Å²) in [6, 6.07) is -0.428. The highest BCUT2D eigenvalue weighted by molar-refractivity contribution is 5.87. The maximum absolute atomic E-state index is 11.8. The molecule has 0 fully saturated rings. The standard InChI is InChI=1S/C18H35NO6/c1-5-7-22-9-11-24-13-14-25-12-10-23-8-6-17(21)19-18(15(2)3)16(4)20/h15,18H,5-14H2,1-4H3,(H,19,21)/t18-/m0/s1. The fraction of sp³-hybridized carbons (Fsp3) is 0.889. The molecular weight excluding hydrogens is 326 g/mol. The number of ketones is 1. The number of hydrogen-bond donors (Lipinski definition) is 1. The van der Waals surface area contributed by atoms with E-state index in [-0.39, 0.29) is 24.0 Å². The Hall–Kier alpha value is -1.02. The molecule has 0 bridgehead atoms. The largest absolute Gasteiger partial charge is 0.379 e. The van der Waals surface area contributed by atoms with E-state index < -0.39 is 6.04 Å². The summed E-state index contributed by atoms with van der Waals surface area (Å²) in [5, 5.41) is 2.73. The quantitative estimate of drug-likeness (QED) is 0.396. The van der Waals surface area contributed by atoms with Gasteiger partial charge in [-0.3, -0.25) is 9.59 Å². The van der Waals surface area contributed by atoms with E-state index in [1.165, 1.54) is 6.92 Å². The number of rotatable bonds is 17. The van der Waals surface area contributed by atoms with Crippen molar-refractivity contribution in [2.24, 2.45) is 5.92 Å². The van der Waals surface area contributed by atoms with E-state index in [1.807, 2.05) is 13.8 Å². The third kappa shape index (κ3) is 15.0. The molecule has 0 aromatic heterocycles. The van der Waals surface area contributed by atoms with Crippen molar-refractivity contribution < 1.29 is 28.5 Å². The van der Waals surface area contributed by atoms with Crippen LogP contribution in [-0.4, -0.2) is 70.6 Å². The number of ether oxygens (including phenoxy) is 4. The van der Waals surface area contributed by atoms with E-state index in [9.17, 15) is 9.59 Å².